The molecule has 0 saturated carbocycles. The van der Waals surface area contributed by atoms with Crippen LogP contribution in [0.4, 0.5) is 8.78 Å². The average molecular weight is 287 g/mol. The first kappa shape index (κ1) is 13.9. The first-order chi connectivity index (χ1) is 10.1. The number of Topliss-reactive ketones (excluding diaryl/α,β-unsaturated/α-hetero) is 1. The van der Waals surface area contributed by atoms with Gasteiger partial charge < -0.3 is 5.32 Å². The van der Waals surface area contributed by atoms with Crippen LogP contribution in [0.1, 0.15) is 27.0 Å². The second kappa shape index (κ2) is 5.74. The predicted octanol–water partition coefficient (Wildman–Crippen LogP) is 3.04. The second-order valence-corrected chi connectivity index (χ2v) is 5.26. The Morgan fingerprint density at radius 3 is 2.71 bits per heavy atom. The summed E-state index contributed by atoms with van der Waals surface area (Å²) in [5, 5.41) is 3.27. The Morgan fingerprint density at radius 2 is 1.90 bits per heavy atom. The molecule has 4 heteroatoms. The van der Waals surface area contributed by atoms with Gasteiger partial charge in [0.15, 0.2) is 17.4 Å². The number of rotatable bonds is 3. The Hall–Kier alpha value is -2.07. The second-order valence-electron chi connectivity index (χ2n) is 5.26. The predicted molar refractivity (Wildman–Crippen MR) is 76.2 cm³/mol. The third kappa shape index (κ3) is 3.00. The molecule has 0 unspecified atom stereocenters. The van der Waals surface area contributed by atoms with E-state index in [2.05, 4.69) is 5.32 Å². The minimum absolute atomic E-state index is 0.0728. The molecule has 1 aliphatic heterocycles. The van der Waals surface area contributed by atoms with Gasteiger partial charge >= 0.3 is 0 Å². The maximum absolute atomic E-state index is 13.2. The minimum atomic E-state index is -0.921. The van der Waals surface area contributed by atoms with E-state index in [1.165, 1.54) is 11.6 Å². The molecule has 0 saturated heterocycles. The van der Waals surface area contributed by atoms with E-state index in [1.807, 2.05) is 18.2 Å². The highest BCUT2D eigenvalue weighted by Crippen LogP contribution is 2.18. The zero-order chi connectivity index (χ0) is 14.8. The number of nitrogens with one attached hydrogen (secondary N) is 1. The van der Waals surface area contributed by atoms with Crippen molar-refractivity contribution in [3.63, 3.8) is 0 Å². The Morgan fingerprint density at radius 1 is 1.05 bits per heavy atom. The molecular formula is C17H15F2NO. The molecule has 1 heterocycles. The highest BCUT2D eigenvalue weighted by molar-refractivity contribution is 5.97. The van der Waals surface area contributed by atoms with E-state index < -0.39 is 11.6 Å². The van der Waals surface area contributed by atoms with Crippen LogP contribution < -0.4 is 5.32 Å². The molecule has 2 aromatic rings. The minimum Gasteiger partial charge on any atom is -0.312 e. The van der Waals surface area contributed by atoms with Crippen molar-refractivity contribution in [3.8, 4) is 0 Å². The van der Waals surface area contributed by atoms with Gasteiger partial charge in [-0.2, -0.15) is 0 Å². The topological polar surface area (TPSA) is 29.1 Å². The lowest BCUT2D eigenvalue weighted by molar-refractivity contribution is 0.0992. The van der Waals surface area contributed by atoms with Crippen molar-refractivity contribution in [3.05, 3.63) is 70.3 Å². The Balaban J connectivity index is 1.80. The highest BCUT2D eigenvalue weighted by atomic mass is 19.2. The molecule has 0 aromatic heterocycles. The van der Waals surface area contributed by atoms with Crippen LogP contribution in [-0.4, -0.2) is 12.3 Å². The summed E-state index contributed by atoms with van der Waals surface area (Å²) in [7, 11) is 0. The molecule has 1 N–H and O–H groups in total. The SMILES string of the molecule is O=C(Cc1ccc(F)c(F)c1)c1ccc2c(c1)CNCC2. The van der Waals surface area contributed by atoms with Crippen molar-refractivity contribution in [1.82, 2.24) is 5.32 Å². The van der Waals surface area contributed by atoms with Crippen molar-refractivity contribution in [2.75, 3.05) is 6.54 Å². The molecule has 21 heavy (non-hydrogen) atoms. The van der Waals surface area contributed by atoms with Crippen LogP contribution in [0.2, 0.25) is 0 Å². The number of fused-ring (bicyclic) bond motifs is 1. The molecule has 0 spiro atoms. The Kier molecular flexibility index (Phi) is 3.80. The van der Waals surface area contributed by atoms with Crippen LogP contribution in [0.3, 0.4) is 0 Å². The van der Waals surface area contributed by atoms with E-state index in [0.717, 1.165) is 37.2 Å². The van der Waals surface area contributed by atoms with E-state index in [9.17, 15) is 13.6 Å². The number of hydrogen-bond acceptors (Lipinski definition) is 2. The smallest absolute Gasteiger partial charge is 0.167 e. The summed E-state index contributed by atoms with van der Waals surface area (Å²) in [5.74, 6) is -1.91. The molecule has 0 atom stereocenters. The maximum atomic E-state index is 13.2. The van der Waals surface area contributed by atoms with Crippen molar-refractivity contribution in [2.45, 2.75) is 19.4 Å². The van der Waals surface area contributed by atoms with Gasteiger partial charge in [0.1, 0.15) is 0 Å². The summed E-state index contributed by atoms with van der Waals surface area (Å²) in [6.07, 6.45) is 1.04. The molecule has 3 rings (SSSR count). The number of ketones is 1. The van der Waals surface area contributed by atoms with Gasteiger partial charge in [-0.25, -0.2) is 8.78 Å². The summed E-state index contributed by atoms with van der Waals surface area (Å²) in [6, 6.07) is 9.25. The molecule has 0 fully saturated rings. The third-order valence-corrected chi connectivity index (χ3v) is 3.76. The number of benzene rings is 2. The number of carbonyl (C=O) groups excluding carboxylic acids is 1. The fourth-order valence-corrected chi connectivity index (χ4v) is 2.59. The van der Waals surface area contributed by atoms with Gasteiger partial charge in [-0.05, 0) is 47.9 Å². The van der Waals surface area contributed by atoms with Crippen molar-refractivity contribution in [2.24, 2.45) is 0 Å². The first-order valence-corrected chi connectivity index (χ1v) is 6.93. The van der Waals surface area contributed by atoms with Gasteiger partial charge in [-0.15, -0.1) is 0 Å². The van der Waals surface area contributed by atoms with Gasteiger partial charge in [-0.3, -0.25) is 4.79 Å². The lowest BCUT2D eigenvalue weighted by Crippen LogP contribution is -2.23. The Bertz CT molecular complexity index is 697. The van der Waals surface area contributed by atoms with E-state index in [1.54, 1.807) is 0 Å². The summed E-state index contributed by atoms with van der Waals surface area (Å²) in [5.41, 5.74) is 3.49. The van der Waals surface area contributed by atoms with E-state index >= 15 is 0 Å². The first-order valence-electron chi connectivity index (χ1n) is 6.93. The van der Waals surface area contributed by atoms with E-state index in [0.29, 0.717) is 11.1 Å². The van der Waals surface area contributed by atoms with Crippen molar-refractivity contribution < 1.29 is 13.6 Å². The summed E-state index contributed by atoms with van der Waals surface area (Å²) in [4.78, 5) is 12.3. The molecule has 0 bridgehead atoms. The van der Waals surface area contributed by atoms with Crippen LogP contribution in [0.25, 0.3) is 0 Å². The molecule has 0 radical (unpaired) electrons. The van der Waals surface area contributed by atoms with Gasteiger partial charge in [-0.1, -0.05) is 18.2 Å². The lowest BCUT2D eigenvalue weighted by atomic mass is 9.95. The highest BCUT2D eigenvalue weighted by Gasteiger charge is 2.13. The average Bonchev–Trinajstić information content (AvgIpc) is 2.50. The standard InChI is InChI=1S/C17H15F2NO/c18-15-4-1-11(7-16(15)19)8-17(21)13-3-2-12-5-6-20-10-14(12)9-13/h1-4,7,9,20H,5-6,8,10H2. The molecule has 0 amide bonds. The van der Waals surface area contributed by atoms with E-state index in [-0.39, 0.29) is 12.2 Å². The number of carbonyl (C=O) groups is 1. The van der Waals surface area contributed by atoms with Crippen LogP contribution in [0, 0.1) is 11.6 Å². The molecule has 2 nitrogen and oxygen atoms in total. The third-order valence-electron chi connectivity index (χ3n) is 3.76. The van der Waals surface area contributed by atoms with Gasteiger partial charge in [0.25, 0.3) is 0 Å². The quantitative estimate of drug-likeness (QED) is 0.879. The fraction of sp³-hybridized carbons (Fsp3) is 0.235. The summed E-state index contributed by atoms with van der Waals surface area (Å²) < 4.78 is 26.0. The maximum Gasteiger partial charge on any atom is 0.167 e. The van der Waals surface area contributed by atoms with Crippen molar-refractivity contribution >= 4 is 5.78 Å². The largest absolute Gasteiger partial charge is 0.312 e. The van der Waals surface area contributed by atoms with E-state index in [4.69, 9.17) is 0 Å². The molecule has 2 aromatic carbocycles. The zero-order valence-corrected chi connectivity index (χ0v) is 11.5. The molecule has 0 aliphatic carbocycles. The van der Waals surface area contributed by atoms with Crippen LogP contribution >= 0.6 is 0 Å². The normalized spacial score (nSPS) is 13.8. The Labute approximate surface area is 121 Å². The molecular weight excluding hydrogens is 272 g/mol. The zero-order valence-electron chi connectivity index (χ0n) is 11.5. The number of halogens is 2. The van der Waals surface area contributed by atoms with Gasteiger partial charge in [0.2, 0.25) is 0 Å². The van der Waals surface area contributed by atoms with Crippen molar-refractivity contribution in [1.29, 1.82) is 0 Å². The fourth-order valence-electron chi connectivity index (χ4n) is 2.59. The van der Waals surface area contributed by atoms with Crippen LogP contribution in [0.15, 0.2) is 36.4 Å². The summed E-state index contributed by atoms with van der Waals surface area (Å²) in [6.45, 7) is 1.72. The van der Waals surface area contributed by atoms with Gasteiger partial charge in [0, 0.05) is 18.5 Å². The van der Waals surface area contributed by atoms with Crippen LogP contribution in [0.5, 0.6) is 0 Å². The molecule has 108 valence electrons. The van der Waals surface area contributed by atoms with Gasteiger partial charge in [0.05, 0.1) is 0 Å². The summed E-state index contributed by atoms with van der Waals surface area (Å²) >= 11 is 0. The number of hydrogen-bond donors (Lipinski definition) is 1. The molecule has 1 aliphatic rings. The lowest BCUT2D eigenvalue weighted by Gasteiger charge is -2.17. The van der Waals surface area contributed by atoms with Crippen LogP contribution in [-0.2, 0) is 19.4 Å². The monoisotopic (exact) mass is 287 g/mol.